The van der Waals surface area contributed by atoms with Crippen LogP contribution in [-0.4, -0.2) is 15.9 Å². The Morgan fingerprint density at radius 2 is 2.31 bits per heavy atom. The number of fused-ring (bicyclic) bond motifs is 1. The average Bonchev–Trinajstić information content (AvgIpc) is 2.60. The summed E-state index contributed by atoms with van der Waals surface area (Å²) in [5.74, 6) is 1.92. The molecule has 2 heterocycles. The van der Waals surface area contributed by atoms with Crippen LogP contribution < -0.4 is 5.73 Å². The lowest BCUT2D eigenvalue weighted by Gasteiger charge is -2.24. The first-order valence-corrected chi connectivity index (χ1v) is 6.04. The Hall–Kier alpha value is -1.35. The highest BCUT2D eigenvalue weighted by Crippen LogP contribution is 2.35. The van der Waals surface area contributed by atoms with Gasteiger partial charge in [-0.1, -0.05) is 6.42 Å². The second-order valence-electron chi connectivity index (χ2n) is 4.61. The van der Waals surface area contributed by atoms with Crippen LogP contribution >= 0.6 is 0 Å². The third kappa shape index (κ3) is 1.52. The van der Waals surface area contributed by atoms with Crippen molar-refractivity contribution >= 4 is 5.52 Å². The highest BCUT2D eigenvalue weighted by molar-refractivity contribution is 5.49. The summed E-state index contributed by atoms with van der Waals surface area (Å²) in [6.07, 6.45) is 9.01. The Balaban J connectivity index is 2.00. The van der Waals surface area contributed by atoms with Crippen LogP contribution in [0.3, 0.4) is 0 Å². The fraction of sp³-hybridized carbons (Fsp3) is 0.462. The van der Waals surface area contributed by atoms with Crippen LogP contribution in [0.15, 0.2) is 24.5 Å². The molecule has 0 aliphatic heterocycles. The highest BCUT2D eigenvalue weighted by atomic mass is 15.0. The lowest BCUT2D eigenvalue weighted by atomic mass is 9.85. The van der Waals surface area contributed by atoms with Gasteiger partial charge in [-0.3, -0.25) is 0 Å². The predicted octanol–water partition coefficient (Wildman–Crippen LogP) is 2.10. The Morgan fingerprint density at radius 1 is 1.44 bits per heavy atom. The number of nitrogens with zero attached hydrogens (tertiary/aromatic N) is 2. The largest absolute Gasteiger partial charge is 0.330 e. The maximum Gasteiger partial charge on any atom is 0.116 e. The molecule has 0 radical (unpaired) electrons. The molecule has 3 heteroatoms. The molecule has 0 spiro atoms. The van der Waals surface area contributed by atoms with E-state index in [4.69, 9.17) is 5.73 Å². The van der Waals surface area contributed by atoms with Gasteiger partial charge in [0.15, 0.2) is 0 Å². The second kappa shape index (κ2) is 3.91. The molecule has 0 aromatic carbocycles. The van der Waals surface area contributed by atoms with Crippen molar-refractivity contribution in [2.45, 2.75) is 31.6 Å². The zero-order valence-corrected chi connectivity index (χ0v) is 9.39. The van der Waals surface area contributed by atoms with Gasteiger partial charge in [-0.15, -0.1) is 0 Å². The summed E-state index contributed by atoms with van der Waals surface area (Å²) in [6.45, 7) is 0.708. The van der Waals surface area contributed by atoms with Crippen molar-refractivity contribution in [3.05, 3.63) is 35.9 Å². The Kier molecular flexibility index (Phi) is 2.40. The maximum absolute atomic E-state index is 5.57. The molecule has 1 aliphatic carbocycles. The number of rotatable bonds is 3. The van der Waals surface area contributed by atoms with Gasteiger partial charge in [0.1, 0.15) is 5.82 Å². The molecule has 2 aromatic rings. The molecule has 0 bridgehead atoms. The summed E-state index contributed by atoms with van der Waals surface area (Å²) in [6, 6.07) is 4.35. The third-order valence-corrected chi connectivity index (χ3v) is 3.53. The quantitative estimate of drug-likeness (QED) is 0.852. The van der Waals surface area contributed by atoms with Crippen molar-refractivity contribution in [2.75, 3.05) is 6.54 Å². The van der Waals surface area contributed by atoms with Crippen molar-refractivity contribution in [1.82, 2.24) is 9.38 Å². The number of hydrogen-bond acceptors (Lipinski definition) is 2. The fourth-order valence-electron chi connectivity index (χ4n) is 2.36. The SMILES string of the molecule is NCCc1ccn2c(C3CCC3)ncc2c1. The molecule has 2 aromatic heterocycles. The average molecular weight is 215 g/mol. The summed E-state index contributed by atoms with van der Waals surface area (Å²) in [5.41, 5.74) is 8.07. The van der Waals surface area contributed by atoms with Crippen LogP contribution in [0.5, 0.6) is 0 Å². The normalized spacial score (nSPS) is 16.6. The summed E-state index contributed by atoms with van der Waals surface area (Å²) >= 11 is 0. The number of pyridine rings is 1. The van der Waals surface area contributed by atoms with E-state index in [2.05, 4.69) is 27.7 Å². The van der Waals surface area contributed by atoms with Crippen LogP contribution in [-0.2, 0) is 6.42 Å². The fourth-order valence-corrected chi connectivity index (χ4v) is 2.36. The molecular weight excluding hydrogens is 198 g/mol. The van der Waals surface area contributed by atoms with Gasteiger partial charge in [-0.25, -0.2) is 4.98 Å². The highest BCUT2D eigenvalue weighted by Gasteiger charge is 2.23. The van der Waals surface area contributed by atoms with E-state index in [9.17, 15) is 0 Å². The van der Waals surface area contributed by atoms with Gasteiger partial charge in [0, 0.05) is 12.1 Å². The zero-order valence-electron chi connectivity index (χ0n) is 9.39. The first-order chi connectivity index (χ1) is 7.88. The van der Waals surface area contributed by atoms with Crippen molar-refractivity contribution in [3.63, 3.8) is 0 Å². The Labute approximate surface area is 95.3 Å². The summed E-state index contributed by atoms with van der Waals surface area (Å²) in [5, 5.41) is 0. The van der Waals surface area contributed by atoms with Crippen LogP contribution in [0.25, 0.3) is 5.52 Å². The van der Waals surface area contributed by atoms with Gasteiger partial charge >= 0.3 is 0 Å². The minimum atomic E-state index is 0.683. The molecule has 0 amide bonds. The minimum absolute atomic E-state index is 0.683. The molecule has 84 valence electrons. The van der Waals surface area contributed by atoms with Crippen molar-refractivity contribution < 1.29 is 0 Å². The number of hydrogen-bond donors (Lipinski definition) is 1. The standard InChI is InChI=1S/C13H17N3/c14-6-4-10-5-7-16-12(8-10)9-15-13(16)11-2-1-3-11/h5,7-9,11H,1-4,6,14H2. The minimum Gasteiger partial charge on any atom is -0.330 e. The van der Waals surface area contributed by atoms with Crippen LogP contribution in [0.4, 0.5) is 0 Å². The first-order valence-electron chi connectivity index (χ1n) is 6.04. The molecule has 3 nitrogen and oxygen atoms in total. The first kappa shape index (κ1) is 9.85. The summed E-state index contributed by atoms with van der Waals surface area (Å²) < 4.78 is 2.23. The van der Waals surface area contributed by atoms with Crippen molar-refractivity contribution in [3.8, 4) is 0 Å². The molecule has 0 saturated heterocycles. The number of imidazole rings is 1. The molecule has 1 saturated carbocycles. The van der Waals surface area contributed by atoms with E-state index in [0.717, 1.165) is 6.42 Å². The van der Waals surface area contributed by atoms with Gasteiger partial charge in [0.2, 0.25) is 0 Å². The van der Waals surface area contributed by atoms with E-state index in [1.165, 1.54) is 36.2 Å². The molecule has 0 unspecified atom stereocenters. The summed E-state index contributed by atoms with van der Waals surface area (Å²) in [7, 11) is 0. The second-order valence-corrected chi connectivity index (χ2v) is 4.61. The Bertz CT molecular complexity index is 497. The van der Waals surface area contributed by atoms with E-state index < -0.39 is 0 Å². The molecular formula is C13H17N3. The van der Waals surface area contributed by atoms with Crippen LogP contribution in [0, 0.1) is 0 Å². The van der Waals surface area contributed by atoms with E-state index in [-0.39, 0.29) is 0 Å². The monoisotopic (exact) mass is 215 g/mol. The van der Waals surface area contributed by atoms with E-state index in [0.29, 0.717) is 12.5 Å². The van der Waals surface area contributed by atoms with E-state index in [1.807, 2.05) is 6.20 Å². The topological polar surface area (TPSA) is 43.3 Å². The summed E-state index contributed by atoms with van der Waals surface area (Å²) in [4.78, 5) is 4.55. The van der Waals surface area contributed by atoms with Gasteiger partial charge in [-0.05, 0) is 43.5 Å². The lowest BCUT2D eigenvalue weighted by molar-refractivity contribution is 0.400. The molecule has 1 fully saturated rings. The zero-order chi connectivity index (χ0) is 11.0. The van der Waals surface area contributed by atoms with Gasteiger partial charge in [0.05, 0.1) is 11.7 Å². The number of nitrogens with two attached hydrogens (primary N) is 1. The number of aromatic nitrogens is 2. The van der Waals surface area contributed by atoms with Crippen LogP contribution in [0.2, 0.25) is 0 Å². The van der Waals surface area contributed by atoms with Crippen molar-refractivity contribution in [2.24, 2.45) is 5.73 Å². The smallest absolute Gasteiger partial charge is 0.116 e. The molecule has 16 heavy (non-hydrogen) atoms. The van der Waals surface area contributed by atoms with E-state index >= 15 is 0 Å². The lowest BCUT2D eigenvalue weighted by Crippen LogP contribution is -2.12. The maximum atomic E-state index is 5.57. The van der Waals surface area contributed by atoms with Gasteiger partial charge in [-0.2, -0.15) is 0 Å². The Morgan fingerprint density at radius 3 is 3.00 bits per heavy atom. The van der Waals surface area contributed by atoms with Gasteiger partial charge < -0.3 is 10.1 Å². The van der Waals surface area contributed by atoms with Crippen molar-refractivity contribution in [1.29, 1.82) is 0 Å². The predicted molar refractivity (Wildman–Crippen MR) is 64.5 cm³/mol. The third-order valence-electron chi connectivity index (χ3n) is 3.53. The van der Waals surface area contributed by atoms with Crippen LogP contribution in [0.1, 0.15) is 36.6 Å². The van der Waals surface area contributed by atoms with Gasteiger partial charge in [0.25, 0.3) is 0 Å². The molecule has 0 atom stereocenters. The van der Waals surface area contributed by atoms with E-state index in [1.54, 1.807) is 0 Å². The molecule has 2 N–H and O–H groups in total. The molecule has 1 aliphatic rings. The molecule has 3 rings (SSSR count).